The van der Waals surface area contributed by atoms with Crippen LogP contribution in [0, 0.1) is 6.92 Å². The van der Waals surface area contributed by atoms with Crippen LogP contribution in [0.15, 0.2) is 29.3 Å². The largest absolute Gasteiger partial charge is 0.376 e. The average molecular weight is 375 g/mol. The van der Waals surface area contributed by atoms with E-state index in [1.165, 1.54) is 38.5 Å². The van der Waals surface area contributed by atoms with Gasteiger partial charge in [-0.25, -0.2) is 0 Å². The molecule has 1 aromatic carbocycles. The van der Waals surface area contributed by atoms with E-state index in [1.807, 2.05) is 31.2 Å². The lowest BCUT2D eigenvalue weighted by molar-refractivity contribution is 0.0468. The zero-order valence-corrected chi connectivity index (χ0v) is 16.7. The van der Waals surface area contributed by atoms with E-state index in [0.717, 1.165) is 18.1 Å². The number of aliphatic imine (C=N–C) groups is 1. The molecule has 27 heavy (non-hydrogen) atoms. The summed E-state index contributed by atoms with van der Waals surface area (Å²) in [4.78, 5) is 16.3. The Balaban J connectivity index is 1.56. The summed E-state index contributed by atoms with van der Waals surface area (Å²) in [7, 11) is 1.74. The number of nitrogens with one attached hydrogen (secondary N) is 3. The molecule has 1 aliphatic rings. The highest BCUT2D eigenvalue weighted by atomic mass is 16.5. The molecule has 150 valence electrons. The first-order valence-electron chi connectivity index (χ1n) is 10.1. The maximum Gasteiger partial charge on any atom is 0.251 e. The molecule has 6 nitrogen and oxygen atoms in total. The summed E-state index contributed by atoms with van der Waals surface area (Å²) >= 11 is 0. The Bertz CT molecular complexity index is 596. The molecule has 1 saturated carbocycles. The molecule has 0 heterocycles. The predicted molar refractivity (Wildman–Crippen MR) is 110 cm³/mol. The highest BCUT2D eigenvalue weighted by molar-refractivity contribution is 5.94. The van der Waals surface area contributed by atoms with Crippen LogP contribution in [0.3, 0.4) is 0 Å². The van der Waals surface area contributed by atoms with E-state index in [0.29, 0.717) is 31.4 Å². The van der Waals surface area contributed by atoms with Gasteiger partial charge in [0.25, 0.3) is 5.91 Å². The second-order valence-electron chi connectivity index (χ2n) is 7.04. The van der Waals surface area contributed by atoms with Crippen molar-refractivity contribution in [1.29, 1.82) is 0 Å². The summed E-state index contributed by atoms with van der Waals surface area (Å²) in [6.45, 7) is 4.54. The minimum absolute atomic E-state index is 0.0553. The molecule has 1 aromatic rings. The Morgan fingerprint density at radius 2 is 1.78 bits per heavy atom. The molecule has 6 heteroatoms. The van der Waals surface area contributed by atoms with Crippen molar-refractivity contribution < 1.29 is 9.53 Å². The Hall–Kier alpha value is -2.08. The summed E-state index contributed by atoms with van der Waals surface area (Å²) in [6.07, 6.45) is 8.05. The van der Waals surface area contributed by atoms with Crippen molar-refractivity contribution >= 4 is 11.9 Å². The second-order valence-corrected chi connectivity index (χ2v) is 7.04. The van der Waals surface area contributed by atoms with E-state index in [2.05, 4.69) is 20.9 Å². The average Bonchev–Trinajstić information content (AvgIpc) is 2.95. The third-order valence-electron chi connectivity index (χ3n) is 4.76. The molecule has 0 unspecified atom stereocenters. The molecule has 2 rings (SSSR count). The van der Waals surface area contributed by atoms with Gasteiger partial charge in [-0.2, -0.15) is 0 Å². The van der Waals surface area contributed by atoms with Gasteiger partial charge < -0.3 is 20.7 Å². The lowest BCUT2D eigenvalue weighted by Gasteiger charge is -2.17. The number of hydrogen-bond acceptors (Lipinski definition) is 3. The molecule has 3 N–H and O–H groups in total. The standard InChI is InChI=1S/C21H34N4O2/c1-17-8-7-9-18(16-17)20(26)23-12-13-24-21(22-2)25-14-15-27-19-10-5-3-4-6-11-19/h7-9,16,19H,3-6,10-15H2,1-2H3,(H,23,26)(H2,22,24,25). The van der Waals surface area contributed by atoms with Gasteiger partial charge in [0.2, 0.25) is 0 Å². The number of nitrogens with zero attached hydrogens (tertiary/aromatic N) is 1. The van der Waals surface area contributed by atoms with E-state index < -0.39 is 0 Å². The van der Waals surface area contributed by atoms with Crippen molar-refractivity contribution in [2.45, 2.75) is 51.6 Å². The van der Waals surface area contributed by atoms with Crippen LogP contribution in [-0.4, -0.2) is 51.3 Å². The SMILES string of the molecule is CN=C(NCCNC(=O)c1cccc(C)c1)NCCOC1CCCCCC1. The van der Waals surface area contributed by atoms with Gasteiger partial charge >= 0.3 is 0 Å². The van der Waals surface area contributed by atoms with E-state index in [-0.39, 0.29) is 5.91 Å². The quantitative estimate of drug-likeness (QED) is 0.283. The van der Waals surface area contributed by atoms with Crippen LogP contribution in [0.5, 0.6) is 0 Å². The predicted octanol–water partition coefficient (Wildman–Crippen LogP) is 2.63. The zero-order valence-electron chi connectivity index (χ0n) is 16.7. The number of ether oxygens (including phenoxy) is 1. The van der Waals surface area contributed by atoms with Gasteiger partial charge in [-0.15, -0.1) is 0 Å². The van der Waals surface area contributed by atoms with Gasteiger partial charge in [-0.3, -0.25) is 9.79 Å². The van der Waals surface area contributed by atoms with Crippen LogP contribution >= 0.6 is 0 Å². The molecule has 0 spiro atoms. The highest BCUT2D eigenvalue weighted by Crippen LogP contribution is 2.19. The zero-order chi connectivity index (χ0) is 19.3. The smallest absolute Gasteiger partial charge is 0.251 e. The molecule has 0 aromatic heterocycles. The van der Waals surface area contributed by atoms with Crippen molar-refractivity contribution in [3.8, 4) is 0 Å². The van der Waals surface area contributed by atoms with E-state index in [1.54, 1.807) is 7.05 Å². The summed E-state index contributed by atoms with van der Waals surface area (Å²) in [5.41, 5.74) is 1.77. The summed E-state index contributed by atoms with van der Waals surface area (Å²) in [6, 6.07) is 7.58. The van der Waals surface area contributed by atoms with E-state index in [4.69, 9.17) is 4.74 Å². The van der Waals surface area contributed by atoms with Crippen molar-refractivity contribution in [2.75, 3.05) is 33.3 Å². The molecule has 1 fully saturated rings. The van der Waals surface area contributed by atoms with Gasteiger partial charge in [-0.1, -0.05) is 43.4 Å². The number of benzene rings is 1. The van der Waals surface area contributed by atoms with Crippen molar-refractivity contribution in [2.24, 2.45) is 4.99 Å². The van der Waals surface area contributed by atoms with Gasteiger partial charge in [0.1, 0.15) is 0 Å². The molecule has 0 bridgehead atoms. The fraction of sp³-hybridized carbons (Fsp3) is 0.619. The van der Waals surface area contributed by atoms with Crippen LogP contribution in [0.25, 0.3) is 0 Å². The Kier molecular flexibility index (Phi) is 9.69. The highest BCUT2D eigenvalue weighted by Gasteiger charge is 2.12. The third-order valence-corrected chi connectivity index (χ3v) is 4.76. The fourth-order valence-corrected chi connectivity index (χ4v) is 3.27. The topological polar surface area (TPSA) is 74.8 Å². The molecule has 0 saturated heterocycles. The minimum Gasteiger partial charge on any atom is -0.376 e. The number of rotatable bonds is 8. The number of amides is 1. The normalized spacial score (nSPS) is 15.9. The summed E-state index contributed by atoms with van der Waals surface area (Å²) in [5.74, 6) is 0.671. The lowest BCUT2D eigenvalue weighted by Crippen LogP contribution is -2.42. The number of guanidine groups is 1. The first kappa shape index (κ1) is 21.2. The van der Waals surface area contributed by atoms with E-state index in [9.17, 15) is 4.79 Å². The maximum atomic E-state index is 12.1. The lowest BCUT2D eigenvalue weighted by atomic mass is 10.1. The fourth-order valence-electron chi connectivity index (χ4n) is 3.27. The molecular formula is C21H34N4O2. The first-order chi connectivity index (χ1) is 13.2. The van der Waals surface area contributed by atoms with E-state index >= 15 is 0 Å². The van der Waals surface area contributed by atoms with Crippen molar-refractivity contribution in [3.05, 3.63) is 35.4 Å². The summed E-state index contributed by atoms with van der Waals surface area (Å²) < 4.78 is 5.97. The van der Waals surface area contributed by atoms with Crippen LogP contribution < -0.4 is 16.0 Å². The van der Waals surface area contributed by atoms with Gasteiger partial charge in [-0.05, 0) is 31.9 Å². The van der Waals surface area contributed by atoms with Crippen molar-refractivity contribution in [1.82, 2.24) is 16.0 Å². The molecule has 1 aliphatic carbocycles. The summed E-state index contributed by atoms with van der Waals surface area (Å²) in [5, 5.41) is 9.37. The van der Waals surface area contributed by atoms with Crippen LogP contribution in [0.1, 0.15) is 54.4 Å². The second kappa shape index (κ2) is 12.3. The van der Waals surface area contributed by atoms with Gasteiger partial charge in [0.05, 0.1) is 12.7 Å². The van der Waals surface area contributed by atoms with Gasteiger partial charge in [0.15, 0.2) is 5.96 Å². The number of aryl methyl sites for hydroxylation is 1. The maximum absolute atomic E-state index is 12.1. The van der Waals surface area contributed by atoms with Crippen LogP contribution in [0.4, 0.5) is 0 Å². The van der Waals surface area contributed by atoms with Crippen LogP contribution in [-0.2, 0) is 4.74 Å². The first-order valence-corrected chi connectivity index (χ1v) is 10.1. The van der Waals surface area contributed by atoms with Crippen LogP contribution in [0.2, 0.25) is 0 Å². The number of hydrogen-bond donors (Lipinski definition) is 3. The van der Waals surface area contributed by atoms with Gasteiger partial charge in [0, 0.05) is 32.2 Å². The Morgan fingerprint density at radius 3 is 2.48 bits per heavy atom. The number of carbonyl (C=O) groups excluding carboxylic acids is 1. The molecular weight excluding hydrogens is 340 g/mol. The monoisotopic (exact) mass is 374 g/mol. The molecule has 0 radical (unpaired) electrons. The minimum atomic E-state index is -0.0553. The third kappa shape index (κ3) is 8.43. The molecule has 1 amide bonds. The number of carbonyl (C=O) groups is 1. The Labute approximate surface area is 163 Å². The molecule has 0 atom stereocenters. The van der Waals surface area contributed by atoms with Crippen molar-refractivity contribution in [3.63, 3.8) is 0 Å². The Morgan fingerprint density at radius 1 is 1.07 bits per heavy atom. The molecule has 0 aliphatic heterocycles.